The van der Waals surface area contributed by atoms with Gasteiger partial charge in [0, 0.05) is 44.9 Å². The lowest BCUT2D eigenvalue weighted by Gasteiger charge is -2.38. The van der Waals surface area contributed by atoms with Gasteiger partial charge in [-0.15, -0.1) is 0 Å². The second-order valence-electron chi connectivity index (χ2n) is 9.79. The Kier molecular flexibility index (Phi) is 7.12. The third-order valence-electron chi connectivity index (χ3n) is 7.19. The average molecular weight is 463 g/mol. The number of likely N-dealkylation sites (tertiary alicyclic amines) is 2. The van der Waals surface area contributed by atoms with Gasteiger partial charge in [0.15, 0.2) is 0 Å². The first-order valence-electron chi connectivity index (χ1n) is 12.1. The monoisotopic (exact) mass is 462 g/mol. The Bertz CT molecular complexity index is 1050. The molecule has 180 valence electrons. The average Bonchev–Trinajstić information content (AvgIpc) is 3.07. The van der Waals surface area contributed by atoms with Crippen LogP contribution in [-0.2, 0) is 19.8 Å². The lowest BCUT2D eigenvalue weighted by molar-refractivity contribution is -0.144. The van der Waals surface area contributed by atoms with Gasteiger partial charge >= 0.3 is 0 Å². The number of pyridine rings is 1. The van der Waals surface area contributed by atoms with Crippen LogP contribution in [-0.4, -0.2) is 71.1 Å². The van der Waals surface area contributed by atoms with Crippen molar-refractivity contribution in [1.29, 1.82) is 0 Å². The van der Waals surface area contributed by atoms with Crippen molar-refractivity contribution in [3.8, 4) is 0 Å². The molecule has 2 saturated heterocycles. The van der Waals surface area contributed by atoms with Crippen molar-refractivity contribution >= 4 is 17.7 Å². The summed E-state index contributed by atoms with van der Waals surface area (Å²) in [6.07, 6.45) is 6.43. The largest absolute Gasteiger partial charge is 0.336 e. The van der Waals surface area contributed by atoms with Crippen LogP contribution in [0.1, 0.15) is 54.8 Å². The fourth-order valence-electron chi connectivity index (χ4n) is 5.39. The highest BCUT2D eigenvalue weighted by molar-refractivity contribution is 6.11. The van der Waals surface area contributed by atoms with Crippen LogP contribution in [0.15, 0.2) is 48.8 Å². The third-order valence-corrected chi connectivity index (χ3v) is 7.19. The molecule has 7 nitrogen and oxygen atoms in total. The number of carbonyl (C=O) groups excluding carboxylic acids is 3. The first-order chi connectivity index (χ1) is 16.3. The number of aryl methyl sites for hydroxylation is 1. The molecule has 3 amide bonds. The molecule has 7 heteroatoms. The zero-order chi connectivity index (χ0) is 24.3. The second-order valence-corrected chi connectivity index (χ2v) is 9.79. The molecule has 2 aliphatic rings. The Labute approximate surface area is 201 Å². The molecular formula is C27H34N4O3. The molecule has 0 N–H and O–H groups in total. The van der Waals surface area contributed by atoms with Gasteiger partial charge in [0.25, 0.3) is 0 Å². The van der Waals surface area contributed by atoms with E-state index >= 15 is 0 Å². The summed E-state index contributed by atoms with van der Waals surface area (Å²) in [5.74, 6) is -0.533. The van der Waals surface area contributed by atoms with E-state index in [1.54, 1.807) is 6.20 Å². The molecule has 0 saturated carbocycles. The van der Waals surface area contributed by atoms with Crippen LogP contribution in [0.5, 0.6) is 0 Å². The van der Waals surface area contributed by atoms with Crippen molar-refractivity contribution in [3.63, 3.8) is 0 Å². The molecule has 4 rings (SSSR count). The third kappa shape index (κ3) is 4.62. The Morgan fingerprint density at radius 1 is 1.15 bits per heavy atom. The van der Waals surface area contributed by atoms with Gasteiger partial charge in [0.05, 0.1) is 11.5 Å². The minimum atomic E-state index is -1.16. The molecule has 0 unspecified atom stereocenters. The van der Waals surface area contributed by atoms with E-state index in [0.29, 0.717) is 19.6 Å². The van der Waals surface area contributed by atoms with E-state index in [1.807, 2.05) is 73.4 Å². The summed E-state index contributed by atoms with van der Waals surface area (Å²) in [4.78, 5) is 50.3. The molecule has 2 fully saturated rings. The number of rotatable bonds is 7. The molecule has 3 heterocycles. The number of hydrogen-bond donors (Lipinski definition) is 0. The number of benzene rings is 1. The molecule has 2 aliphatic heterocycles. The van der Waals surface area contributed by atoms with Crippen molar-refractivity contribution in [2.75, 3.05) is 33.7 Å². The molecule has 1 aromatic heterocycles. The minimum absolute atomic E-state index is 0.00233. The molecule has 2 atom stereocenters. The standard InChI is InChI=1S/C27H34N4O3/c1-20-9-4-5-11-22(20)27(18-25(33)31(26(27)34)16-15-29(2)3)17-24(32)30-14-7-6-12-23(30)21-10-8-13-28-19-21/h4-5,8-11,13,19,23H,6-7,12,14-18H2,1-3H3/t23-,27+/m0/s1. The summed E-state index contributed by atoms with van der Waals surface area (Å²) in [6.45, 7) is 3.51. The summed E-state index contributed by atoms with van der Waals surface area (Å²) in [5.41, 5.74) is 1.56. The van der Waals surface area contributed by atoms with Crippen LogP contribution in [0.2, 0.25) is 0 Å². The van der Waals surface area contributed by atoms with Crippen LogP contribution >= 0.6 is 0 Å². The van der Waals surface area contributed by atoms with Crippen molar-refractivity contribution < 1.29 is 14.4 Å². The van der Waals surface area contributed by atoms with Crippen LogP contribution in [0, 0.1) is 6.92 Å². The van der Waals surface area contributed by atoms with Gasteiger partial charge in [0.1, 0.15) is 0 Å². The van der Waals surface area contributed by atoms with E-state index in [0.717, 1.165) is 36.0 Å². The van der Waals surface area contributed by atoms with Crippen LogP contribution in [0.4, 0.5) is 0 Å². The maximum atomic E-state index is 13.9. The molecule has 0 bridgehead atoms. The molecule has 0 radical (unpaired) electrons. The van der Waals surface area contributed by atoms with E-state index in [1.165, 1.54) is 4.90 Å². The van der Waals surface area contributed by atoms with Gasteiger partial charge < -0.3 is 9.80 Å². The van der Waals surface area contributed by atoms with Crippen molar-refractivity contribution in [1.82, 2.24) is 19.7 Å². The van der Waals surface area contributed by atoms with Gasteiger partial charge in [0.2, 0.25) is 17.7 Å². The summed E-state index contributed by atoms with van der Waals surface area (Å²) in [6, 6.07) is 11.5. The zero-order valence-corrected chi connectivity index (χ0v) is 20.4. The number of hydrogen-bond acceptors (Lipinski definition) is 5. The van der Waals surface area contributed by atoms with Crippen molar-refractivity contribution in [2.24, 2.45) is 0 Å². The minimum Gasteiger partial charge on any atom is -0.336 e. The summed E-state index contributed by atoms with van der Waals surface area (Å²) >= 11 is 0. The molecular weight excluding hydrogens is 428 g/mol. The molecule has 2 aromatic rings. The number of carbonyl (C=O) groups is 3. The van der Waals surface area contributed by atoms with E-state index in [-0.39, 0.29) is 36.6 Å². The molecule has 34 heavy (non-hydrogen) atoms. The number of aromatic nitrogens is 1. The lowest BCUT2D eigenvalue weighted by atomic mass is 9.73. The number of imide groups is 1. The number of nitrogens with zero attached hydrogens (tertiary/aromatic N) is 4. The van der Waals surface area contributed by atoms with Crippen molar-refractivity contribution in [2.45, 2.75) is 50.5 Å². The summed E-state index contributed by atoms with van der Waals surface area (Å²) in [7, 11) is 3.83. The molecule has 1 aromatic carbocycles. The quantitative estimate of drug-likeness (QED) is 0.591. The normalized spacial score (nSPS) is 23.1. The summed E-state index contributed by atoms with van der Waals surface area (Å²) < 4.78 is 0. The number of amides is 3. The topological polar surface area (TPSA) is 73.8 Å². The lowest BCUT2D eigenvalue weighted by Crippen LogP contribution is -2.46. The first kappa shape index (κ1) is 24.1. The highest BCUT2D eigenvalue weighted by Crippen LogP contribution is 2.43. The predicted octanol–water partition coefficient (Wildman–Crippen LogP) is 3.09. The molecule has 0 aliphatic carbocycles. The van der Waals surface area contributed by atoms with Gasteiger partial charge in [-0.05, 0) is 63.0 Å². The number of piperidine rings is 1. The SMILES string of the molecule is Cc1ccccc1[C@@]1(CC(=O)N2CCCC[C@H]2c2cccnc2)CC(=O)N(CCN(C)C)C1=O. The second kappa shape index (κ2) is 10.1. The van der Waals surface area contributed by atoms with Gasteiger partial charge in [-0.25, -0.2) is 0 Å². The van der Waals surface area contributed by atoms with Gasteiger partial charge in [-0.1, -0.05) is 30.3 Å². The fourth-order valence-corrected chi connectivity index (χ4v) is 5.39. The highest BCUT2D eigenvalue weighted by atomic mass is 16.2. The Morgan fingerprint density at radius 2 is 1.94 bits per heavy atom. The zero-order valence-electron chi connectivity index (χ0n) is 20.4. The van der Waals surface area contributed by atoms with Crippen molar-refractivity contribution in [3.05, 3.63) is 65.5 Å². The maximum Gasteiger partial charge on any atom is 0.240 e. The van der Waals surface area contributed by atoms with E-state index in [4.69, 9.17) is 0 Å². The maximum absolute atomic E-state index is 13.9. The Hall–Kier alpha value is -3.06. The summed E-state index contributed by atoms with van der Waals surface area (Å²) in [5, 5.41) is 0. The van der Waals surface area contributed by atoms with Crippen LogP contribution < -0.4 is 0 Å². The van der Waals surface area contributed by atoms with Gasteiger partial charge in [-0.2, -0.15) is 0 Å². The Morgan fingerprint density at radius 3 is 2.65 bits per heavy atom. The predicted molar refractivity (Wildman–Crippen MR) is 130 cm³/mol. The number of likely N-dealkylation sites (N-methyl/N-ethyl adjacent to an activating group) is 1. The van der Waals surface area contributed by atoms with Crippen LogP contribution in [0.25, 0.3) is 0 Å². The Balaban J connectivity index is 1.68. The molecule has 0 spiro atoms. The highest BCUT2D eigenvalue weighted by Gasteiger charge is 2.54. The smallest absolute Gasteiger partial charge is 0.240 e. The van der Waals surface area contributed by atoms with Crippen LogP contribution in [0.3, 0.4) is 0 Å². The fraction of sp³-hybridized carbons (Fsp3) is 0.481. The van der Waals surface area contributed by atoms with Gasteiger partial charge in [-0.3, -0.25) is 24.3 Å². The van der Waals surface area contributed by atoms with E-state index in [9.17, 15) is 14.4 Å². The first-order valence-corrected chi connectivity index (χ1v) is 12.1. The van der Waals surface area contributed by atoms with E-state index < -0.39 is 5.41 Å². The van der Waals surface area contributed by atoms with E-state index in [2.05, 4.69) is 4.98 Å².